The first-order valence-corrected chi connectivity index (χ1v) is 10.6. The van der Waals surface area contributed by atoms with E-state index in [1.165, 1.54) is 5.71 Å². The molecule has 2 rings (SSSR count). The lowest BCUT2D eigenvalue weighted by atomic mass is 10.0. The molecule has 29 heavy (non-hydrogen) atoms. The summed E-state index contributed by atoms with van der Waals surface area (Å²) in [5.41, 5.74) is 7.33. The van der Waals surface area contributed by atoms with Gasteiger partial charge in [-0.05, 0) is 25.7 Å². The van der Waals surface area contributed by atoms with Crippen LogP contribution < -0.4 is 11.0 Å². The van der Waals surface area contributed by atoms with E-state index in [-0.39, 0.29) is 11.8 Å². The van der Waals surface area contributed by atoms with Crippen LogP contribution in [0.25, 0.3) is 0 Å². The van der Waals surface area contributed by atoms with Crippen molar-refractivity contribution in [2.75, 3.05) is 6.54 Å². The molecule has 2 heterocycles. The highest BCUT2D eigenvalue weighted by atomic mass is 15.6. The standard InChI is InChI=1S/C20H37N9/c1-8-9-17(13(2)3)24-28-21-12-15(5)19-23-18(25-26-19)11-10-14(4)20-22-16(6)29(7)27-20/h13-15,21,28H,8-12H2,1-7H3,(H,23,25,26)/b24-17+. The number of hydrogen-bond acceptors (Lipinski definition) is 7. The van der Waals surface area contributed by atoms with Crippen LogP contribution in [0.5, 0.6) is 0 Å². The van der Waals surface area contributed by atoms with Crippen LogP contribution in [0.1, 0.15) is 89.0 Å². The number of nitrogens with zero attached hydrogens (tertiary/aromatic N) is 6. The summed E-state index contributed by atoms with van der Waals surface area (Å²) in [6.07, 6.45) is 3.86. The largest absolute Gasteiger partial charge is 0.263 e. The minimum absolute atomic E-state index is 0.175. The predicted molar refractivity (Wildman–Crippen MR) is 116 cm³/mol. The number of nitrogens with one attached hydrogen (secondary N) is 3. The summed E-state index contributed by atoms with van der Waals surface area (Å²) in [5, 5.41) is 16.4. The number of hydrazine groups is 1. The number of H-pyrrole nitrogens is 1. The molecule has 2 aromatic rings. The van der Waals surface area contributed by atoms with Crippen molar-refractivity contribution in [1.82, 2.24) is 40.9 Å². The van der Waals surface area contributed by atoms with Crippen molar-refractivity contribution in [2.45, 2.75) is 79.1 Å². The van der Waals surface area contributed by atoms with Crippen molar-refractivity contribution in [3.63, 3.8) is 0 Å². The van der Waals surface area contributed by atoms with Crippen LogP contribution in [0.3, 0.4) is 0 Å². The minimum Gasteiger partial charge on any atom is -0.263 e. The highest BCUT2D eigenvalue weighted by molar-refractivity contribution is 5.85. The van der Waals surface area contributed by atoms with E-state index in [9.17, 15) is 0 Å². The Hall–Kier alpha value is -2.29. The first-order chi connectivity index (χ1) is 13.8. The molecule has 0 aliphatic heterocycles. The third-order valence-corrected chi connectivity index (χ3v) is 5.10. The fourth-order valence-corrected chi connectivity index (χ4v) is 2.95. The van der Waals surface area contributed by atoms with E-state index >= 15 is 0 Å². The summed E-state index contributed by atoms with van der Waals surface area (Å²) in [5.74, 6) is 4.44. The third kappa shape index (κ3) is 6.92. The second-order valence-corrected chi connectivity index (χ2v) is 8.12. The molecular weight excluding hydrogens is 366 g/mol. The highest BCUT2D eigenvalue weighted by Gasteiger charge is 2.15. The van der Waals surface area contributed by atoms with E-state index in [1.807, 2.05) is 18.7 Å². The first-order valence-electron chi connectivity index (χ1n) is 10.6. The highest BCUT2D eigenvalue weighted by Crippen LogP contribution is 2.18. The fourth-order valence-electron chi connectivity index (χ4n) is 2.95. The molecule has 0 saturated heterocycles. The molecule has 0 saturated carbocycles. The van der Waals surface area contributed by atoms with E-state index in [0.717, 1.165) is 49.0 Å². The van der Waals surface area contributed by atoms with Gasteiger partial charge in [0.05, 0.1) is 0 Å². The zero-order chi connectivity index (χ0) is 21.4. The molecule has 162 valence electrons. The van der Waals surface area contributed by atoms with E-state index in [2.05, 4.69) is 75.9 Å². The Morgan fingerprint density at radius 3 is 2.52 bits per heavy atom. The molecule has 3 N–H and O–H groups in total. The zero-order valence-electron chi connectivity index (χ0n) is 19.0. The minimum atomic E-state index is 0.175. The van der Waals surface area contributed by atoms with Gasteiger partial charge >= 0.3 is 0 Å². The lowest BCUT2D eigenvalue weighted by Gasteiger charge is -2.12. The van der Waals surface area contributed by atoms with E-state index < -0.39 is 0 Å². The average Bonchev–Trinajstić information content (AvgIpc) is 3.29. The molecule has 0 amide bonds. The molecule has 9 nitrogen and oxygen atoms in total. The topological polar surface area (TPSA) is 109 Å². The molecule has 0 fully saturated rings. The van der Waals surface area contributed by atoms with Gasteiger partial charge in [0, 0.05) is 37.6 Å². The molecule has 0 aromatic carbocycles. The maximum Gasteiger partial charge on any atom is 0.154 e. The number of hydrogen-bond donors (Lipinski definition) is 3. The SMILES string of the molecule is CCC/C(=N\NNCC(C)c1n[nH]c(CCC(C)c2nc(C)n(C)n2)n1)C(C)C. The first kappa shape index (κ1) is 23.0. The summed E-state index contributed by atoms with van der Waals surface area (Å²) in [6, 6.07) is 0. The molecule has 9 heteroatoms. The van der Waals surface area contributed by atoms with Gasteiger partial charge in [-0.25, -0.2) is 20.9 Å². The molecule has 2 unspecified atom stereocenters. The van der Waals surface area contributed by atoms with Gasteiger partial charge in [-0.3, -0.25) is 9.78 Å². The van der Waals surface area contributed by atoms with Crippen molar-refractivity contribution in [3.05, 3.63) is 23.3 Å². The molecule has 0 aliphatic carbocycles. The summed E-state index contributed by atoms with van der Waals surface area (Å²) >= 11 is 0. The maximum absolute atomic E-state index is 4.65. The Bertz CT molecular complexity index is 755. The number of aromatic nitrogens is 6. The molecular formula is C20H37N9. The Labute approximate surface area is 174 Å². The lowest BCUT2D eigenvalue weighted by Crippen LogP contribution is -2.32. The maximum atomic E-state index is 4.65. The van der Waals surface area contributed by atoms with Crippen molar-refractivity contribution < 1.29 is 0 Å². The van der Waals surface area contributed by atoms with Crippen molar-refractivity contribution in [2.24, 2.45) is 18.1 Å². The normalized spacial score (nSPS) is 14.4. The Morgan fingerprint density at radius 1 is 1.14 bits per heavy atom. The molecule has 0 spiro atoms. The van der Waals surface area contributed by atoms with Crippen molar-refractivity contribution in [3.8, 4) is 0 Å². The lowest BCUT2D eigenvalue weighted by molar-refractivity contribution is 0.507. The van der Waals surface area contributed by atoms with E-state index in [0.29, 0.717) is 12.5 Å². The number of aryl methyl sites for hydroxylation is 3. The van der Waals surface area contributed by atoms with Gasteiger partial charge in [0.25, 0.3) is 0 Å². The van der Waals surface area contributed by atoms with Gasteiger partial charge in [-0.2, -0.15) is 15.3 Å². The van der Waals surface area contributed by atoms with Crippen LogP contribution in [-0.2, 0) is 13.5 Å². The van der Waals surface area contributed by atoms with Crippen LogP contribution in [0.15, 0.2) is 5.10 Å². The number of hydrazone groups is 1. The third-order valence-electron chi connectivity index (χ3n) is 5.10. The second kappa shape index (κ2) is 11.0. The summed E-state index contributed by atoms with van der Waals surface area (Å²) in [7, 11) is 1.92. The quantitative estimate of drug-likeness (QED) is 0.286. The second-order valence-electron chi connectivity index (χ2n) is 8.12. The van der Waals surface area contributed by atoms with E-state index in [4.69, 9.17) is 0 Å². The molecule has 0 bridgehead atoms. The van der Waals surface area contributed by atoms with Gasteiger partial charge in [-0.15, -0.1) is 0 Å². The number of rotatable bonds is 12. The molecule has 2 atom stereocenters. The van der Waals surface area contributed by atoms with Gasteiger partial charge in [0.15, 0.2) is 11.6 Å². The van der Waals surface area contributed by atoms with Gasteiger partial charge < -0.3 is 0 Å². The predicted octanol–water partition coefficient (Wildman–Crippen LogP) is 2.99. The number of aromatic amines is 1. The van der Waals surface area contributed by atoms with Crippen molar-refractivity contribution >= 4 is 5.71 Å². The summed E-state index contributed by atoms with van der Waals surface area (Å²) in [6.45, 7) is 13.4. The average molecular weight is 404 g/mol. The van der Waals surface area contributed by atoms with Gasteiger partial charge in [-0.1, -0.05) is 41.0 Å². The van der Waals surface area contributed by atoms with Crippen LogP contribution in [0, 0.1) is 12.8 Å². The van der Waals surface area contributed by atoms with Gasteiger partial charge in [0.2, 0.25) is 0 Å². The van der Waals surface area contributed by atoms with Crippen LogP contribution in [0.2, 0.25) is 0 Å². The van der Waals surface area contributed by atoms with Crippen LogP contribution in [-0.4, -0.2) is 42.2 Å². The smallest absolute Gasteiger partial charge is 0.154 e. The summed E-state index contributed by atoms with van der Waals surface area (Å²) < 4.78 is 1.82. The van der Waals surface area contributed by atoms with E-state index in [1.54, 1.807) is 0 Å². The van der Waals surface area contributed by atoms with Gasteiger partial charge in [0.1, 0.15) is 11.6 Å². The van der Waals surface area contributed by atoms with Crippen molar-refractivity contribution in [1.29, 1.82) is 0 Å². The summed E-state index contributed by atoms with van der Waals surface area (Å²) in [4.78, 5) is 9.17. The Balaban J connectivity index is 1.79. The van der Waals surface area contributed by atoms with Crippen LogP contribution >= 0.6 is 0 Å². The monoisotopic (exact) mass is 403 g/mol. The van der Waals surface area contributed by atoms with Crippen LogP contribution in [0.4, 0.5) is 0 Å². The Morgan fingerprint density at radius 2 is 1.90 bits per heavy atom. The molecule has 0 radical (unpaired) electrons. The fraction of sp³-hybridized carbons (Fsp3) is 0.750. The Kier molecular flexibility index (Phi) is 8.75. The molecule has 0 aliphatic rings. The zero-order valence-corrected chi connectivity index (χ0v) is 19.0. The molecule has 2 aromatic heterocycles.